The van der Waals surface area contributed by atoms with Crippen LogP contribution in [-0.2, 0) is 27.8 Å². The average molecular weight is 538 g/mol. The van der Waals surface area contributed by atoms with E-state index in [1.165, 1.54) is 17.6 Å². The van der Waals surface area contributed by atoms with Crippen molar-refractivity contribution in [2.45, 2.75) is 24.9 Å². The average Bonchev–Trinajstić information content (AvgIpc) is 3.07. The van der Waals surface area contributed by atoms with Gasteiger partial charge in [-0.15, -0.1) is 35.3 Å². The molecule has 1 aromatic carbocycles. The summed E-state index contributed by atoms with van der Waals surface area (Å²) in [5.74, 6) is 0.695. The second-order valence-corrected chi connectivity index (χ2v) is 8.61. The number of methoxy groups -OCH3 is 1. The molecule has 0 amide bonds. The first-order chi connectivity index (χ1) is 13.0. The number of sulfonamides is 1. The van der Waals surface area contributed by atoms with E-state index < -0.39 is 10.0 Å². The number of aryl methyl sites for hydroxylation is 1. The standard InChI is InChI=1S/C18H26N4O3S2.HI/c1-14-8-11-26-17(14)13-21-18(19-2)20-12-15-4-6-16(7-5-15)27(23,24)22-9-10-25-3;/h4-8,11,22H,9-10,12-13H2,1-3H3,(H2,19,20,21);1H. The number of thiophene rings is 1. The van der Waals surface area contributed by atoms with E-state index in [2.05, 4.69) is 38.7 Å². The lowest BCUT2D eigenvalue weighted by Gasteiger charge is -2.12. The Hall–Kier alpha value is -1.21. The van der Waals surface area contributed by atoms with Gasteiger partial charge in [0.15, 0.2) is 5.96 Å². The molecule has 0 saturated heterocycles. The Morgan fingerprint density at radius 1 is 1.14 bits per heavy atom. The molecular formula is C18H27IN4O3S2. The SMILES string of the molecule is CN=C(NCc1ccc(S(=O)(=O)NCCOC)cc1)NCc1sccc1C.I. The summed E-state index contributed by atoms with van der Waals surface area (Å²) >= 11 is 1.71. The zero-order chi connectivity index (χ0) is 19.7. The van der Waals surface area contributed by atoms with Crippen molar-refractivity contribution in [1.82, 2.24) is 15.4 Å². The van der Waals surface area contributed by atoms with E-state index in [4.69, 9.17) is 4.74 Å². The van der Waals surface area contributed by atoms with Crippen LogP contribution in [0.15, 0.2) is 45.6 Å². The van der Waals surface area contributed by atoms with E-state index in [1.54, 1.807) is 42.6 Å². The van der Waals surface area contributed by atoms with Crippen LogP contribution in [0.4, 0.5) is 0 Å². The van der Waals surface area contributed by atoms with Crippen molar-refractivity contribution in [3.05, 3.63) is 51.7 Å². The number of halogens is 1. The van der Waals surface area contributed by atoms with Crippen LogP contribution in [0.3, 0.4) is 0 Å². The topological polar surface area (TPSA) is 91.8 Å². The number of ether oxygens (including phenoxy) is 1. The number of benzene rings is 1. The van der Waals surface area contributed by atoms with Crippen molar-refractivity contribution < 1.29 is 13.2 Å². The van der Waals surface area contributed by atoms with Gasteiger partial charge in [0.1, 0.15) is 0 Å². The fourth-order valence-corrected chi connectivity index (χ4v) is 4.16. The number of hydrogen-bond acceptors (Lipinski definition) is 5. The molecule has 0 aliphatic carbocycles. The van der Waals surface area contributed by atoms with Crippen LogP contribution in [0.2, 0.25) is 0 Å². The predicted molar refractivity (Wildman–Crippen MR) is 125 cm³/mol. The lowest BCUT2D eigenvalue weighted by atomic mass is 10.2. The largest absolute Gasteiger partial charge is 0.383 e. The first kappa shape index (κ1) is 24.8. The molecule has 0 bridgehead atoms. The normalized spacial score (nSPS) is 11.8. The summed E-state index contributed by atoms with van der Waals surface area (Å²) in [7, 11) is -0.260. The molecule has 2 aromatic rings. The zero-order valence-corrected chi connectivity index (χ0v) is 20.2. The van der Waals surface area contributed by atoms with Gasteiger partial charge < -0.3 is 15.4 Å². The van der Waals surface area contributed by atoms with Gasteiger partial charge in [0.05, 0.1) is 18.0 Å². The minimum absolute atomic E-state index is 0. The quantitative estimate of drug-likeness (QED) is 0.198. The van der Waals surface area contributed by atoms with Crippen LogP contribution < -0.4 is 15.4 Å². The first-order valence-electron chi connectivity index (χ1n) is 8.51. The lowest BCUT2D eigenvalue weighted by molar-refractivity contribution is 0.204. The number of guanidine groups is 1. The Kier molecular flexibility index (Phi) is 11.0. The van der Waals surface area contributed by atoms with Crippen molar-refractivity contribution in [2.75, 3.05) is 27.3 Å². The molecule has 1 heterocycles. The van der Waals surface area contributed by atoms with Crippen LogP contribution in [0.25, 0.3) is 0 Å². The van der Waals surface area contributed by atoms with Crippen LogP contribution in [0.1, 0.15) is 16.0 Å². The van der Waals surface area contributed by atoms with E-state index in [9.17, 15) is 8.42 Å². The van der Waals surface area contributed by atoms with Gasteiger partial charge >= 0.3 is 0 Å². The highest BCUT2D eigenvalue weighted by Gasteiger charge is 2.12. The van der Waals surface area contributed by atoms with Gasteiger partial charge in [-0.25, -0.2) is 13.1 Å². The van der Waals surface area contributed by atoms with E-state index in [0.29, 0.717) is 25.7 Å². The monoisotopic (exact) mass is 538 g/mol. The summed E-state index contributed by atoms with van der Waals surface area (Å²) in [6.45, 7) is 3.92. The van der Waals surface area contributed by atoms with Crippen molar-refractivity contribution in [3.8, 4) is 0 Å². The van der Waals surface area contributed by atoms with E-state index in [-0.39, 0.29) is 35.4 Å². The molecule has 0 aliphatic heterocycles. The molecule has 0 atom stereocenters. The molecule has 0 aliphatic rings. The van der Waals surface area contributed by atoms with Gasteiger partial charge in [-0.2, -0.15) is 0 Å². The van der Waals surface area contributed by atoms with Crippen molar-refractivity contribution in [3.63, 3.8) is 0 Å². The van der Waals surface area contributed by atoms with Crippen molar-refractivity contribution in [1.29, 1.82) is 0 Å². The second kappa shape index (κ2) is 12.4. The van der Waals surface area contributed by atoms with Gasteiger partial charge in [-0.3, -0.25) is 4.99 Å². The molecule has 10 heteroatoms. The third-order valence-electron chi connectivity index (χ3n) is 3.90. The zero-order valence-electron chi connectivity index (χ0n) is 16.2. The Labute approximate surface area is 188 Å². The molecule has 0 unspecified atom stereocenters. The summed E-state index contributed by atoms with van der Waals surface area (Å²) in [5, 5.41) is 8.58. The maximum atomic E-state index is 12.1. The van der Waals surface area contributed by atoms with Crippen LogP contribution in [0, 0.1) is 6.92 Å². The van der Waals surface area contributed by atoms with Gasteiger partial charge in [-0.05, 0) is 41.6 Å². The lowest BCUT2D eigenvalue weighted by Crippen LogP contribution is -2.36. The number of hydrogen-bond donors (Lipinski definition) is 3. The molecule has 2 rings (SSSR count). The minimum atomic E-state index is -3.51. The molecule has 28 heavy (non-hydrogen) atoms. The molecule has 0 spiro atoms. The van der Waals surface area contributed by atoms with Crippen molar-refractivity contribution in [2.24, 2.45) is 4.99 Å². The van der Waals surface area contributed by atoms with Crippen LogP contribution >= 0.6 is 35.3 Å². The highest BCUT2D eigenvalue weighted by Crippen LogP contribution is 2.14. The molecule has 3 N–H and O–H groups in total. The summed E-state index contributed by atoms with van der Waals surface area (Å²) in [5.41, 5.74) is 2.22. The summed E-state index contributed by atoms with van der Waals surface area (Å²) in [6.07, 6.45) is 0. The highest BCUT2D eigenvalue weighted by molar-refractivity contribution is 14.0. The molecule has 156 valence electrons. The van der Waals surface area contributed by atoms with Gasteiger partial charge in [0.25, 0.3) is 0 Å². The van der Waals surface area contributed by atoms with Gasteiger partial charge in [0.2, 0.25) is 10.0 Å². The maximum Gasteiger partial charge on any atom is 0.240 e. The predicted octanol–water partition coefficient (Wildman–Crippen LogP) is 2.46. The van der Waals surface area contributed by atoms with Gasteiger partial charge in [-0.1, -0.05) is 12.1 Å². The Balaban J connectivity index is 0.00000392. The third-order valence-corrected chi connectivity index (χ3v) is 6.40. The summed E-state index contributed by atoms with van der Waals surface area (Å²) in [6, 6.07) is 8.86. The number of aliphatic imine (C=N–C) groups is 1. The van der Waals surface area contributed by atoms with Crippen LogP contribution in [-0.4, -0.2) is 41.7 Å². The third kappa shape index (κ3) is 7.66. The van der Waals surface area contributed by atoms with E-state index >= 15 is 0 Å². The highest BCUT2D eigenvalue weighted by atomic mass is 127. The molecule has 7 nitrogen and oxygen atoms in total. The van der Waals surface area contributed by atoms with Crippen molar-refractivity contribution >= 4 is 51.3 Å². The second-order valence-electron chi connectivity index (χ2n) is 5.84. The molecule has 0 radical (unpaired) electrons. The number of rotatable bonds is 9. The minimum Gasteiger partial charge on any atom is -0.383 e. The number of nitrogens with one attached hydrogen (secondary N) is 3. The van der Waals surface area contributed by atoms with E-state index in [1.807, 2.05) is 0 Å². The molecule has 0 saturated carbocycles. The summed E-state index contributed by atoms with van der Waals surface area (Å²) < 4.78 is 31.6. The summed E-state index contributed by atoms with van der Waals surface area (Å²) in [4.78, 5) is 5.72. The fraction of sp³-hybridized carbons (Fsp3) is 0.389. The molecular weight excluding hydrogens is 511 g/mol. The Bertz CT molecular complexity index is 852. The maximum absolute atomic E-state index is 12.1. The first-order valence-corrected chi connectivity index (χ1v) is 10.9. The Morgan fingerprint density at radius 3 is 2.39 bits per heavy atom. The van der Waals surface area contributed by atoms with E-state index in [0.717, 1.165) is 5.56 Å². The molecule has 0 fully saturated rings. The fourth-order valence-electron chi connectivity index (χ4n) is 2.30. The molecule has 1 aromatic heterocycles. The number of nitrogens with zero attached hydrogens (tertiary/aromatic N) is 1. The Morgan fingerprint density at radius 2 is 1.82 bits per heavy atom. The smallest absolute Gasteiger partial charge is 0.240 e. The van der Waals surface area contributed by atoms with Gasteiger partial charge in [0, 0.05) is 32.1 Å². The van der Waals surface area contributed by atoms with Crippen LogP contribution in [0.5, 0.6) is 0 Å².